The van der Waals surface area contributed by atoms with Crippen LogP contribution in [0.15, 0.2) is 22.6 Å². The highest BCUT2D eigenvalue weighted by Crippen LogP contribution is 2.20. The van der Waals surface area contributed by atoms with Crippen molar-refractivity contribution in [2.75, 3.05) is 27.2 Å². The summed E-state index contributed by atoms with van der Waals surface area (Å²) in [6.45, 7) is 5.55. The van der Waals surface area contributed by atoms with Gasteiger partial charge in [0.05, 0.1) is 17.7 Å². The number of hydrogen-bond acceptors (Lipinski definition) is 5. The molecule has 0 saturated carbocycles. The second kappa shape index (κ2) is 9.14. The highest BCUT2D eigenvalue weighted by molar-refractivity contribution is 8.17. The molecule has 0 aromatic carbocycles. The highest BCUT2D eigenvalue weighted by Gasteiger charge is 2.17. The van der Waals surface area contributed by atoms with Crippen LogP contribution in [0.1, 0.15) is 6.92 Å². The van der Waals surface area contributed by atoms with E-state index in [1.54, 1.807) is 6.92 Å². The van der Waals surface area contributed by atoms with E-state index in [-0.39, 0.29) is 23.6 Å². The molecule has 0 heterocycles. The van der Waals surface area contributed by atoms with Gasteiger partial charge in [0.1, 0.15) is 0 Å². The van der Waals surface area contributed by atoms with Crippen LogP contribution in [0.25, 0.3) is 0 Å². The number of amides is 1. The monoisotopic (exact) mass is 305 g/mol. The van der Waals surface area contributed by atoms with Crippen molar-refractivity contribution >= 4 is 34.3 Å². The lowest BCUT2D eigenvalue weighted by molar-refractivity contribution is -0.116. The van der Waals surface area contributed by atoms with Gasteiger partial charge in [-0.05, 0) is 21.0 Å². The first-order valence-corrected chi connectivity index (χ1v) is 6.80. The van der Waals surface area contributed by atoms with Crippen molar-refractivity contribution in [3.05, 3.63) is 22.6 Å². The molecule has 0 aromatic rings. The van der Waals surface area contributed by atoms with Gasteiger partial charge in [0, 0.05) is 22.6 Å². The summed E-state index contributed by atoms with van der Waals surface area (Å²) in [6, 6.07) is -0.134. The zero-order valence-electron chi connectivity index (χ0n) is 11.4. The van der Waals surface area contributed by atoms with Crippen molar-refractivity contribution in [3.8, 4) is 0 Å². The maximum atomic E-state index is 11.5. The molecule has 5 nitrogen and oxygen atoms in total. The summed E-state index contributed by atoms with van der Waals surface area (Å²) in [5.74, 6) is -0.269. The zero-order chi connectivity index (χ0) is 15.0. The number of likely N-dealkylation sites (N-methyl/N-ethyl adjacent to an activating group) is 1. The van der Waals surface area contributed by atoms with Crippen molar-refractivity contribution in [1.29, 1.82) is 5.41 Å². The number of carbonyl (C=O) groups is 1. The minimum Gasteiger partial charge on any atom is -0.390 e. The van der Waals surface area contributed by atoms with Gasteiger partial charge in [0.2, 0.25) is 5.91 Å². The minimum atomic E-state index is -0.315. The Morgan fingerprint density at radius 1 is 1.63 bits per heavy atom. The van der Waals surface area contributed by atoms with E-state index in [1.165, 1.54) is 6.08 Å². The Hall–Kier alpha value is -0.820. The normalized spacial score (nSPS) is 13.3. The molecule has 0 bridgehead atoms. The molecule has 0 radical (unpaired) electrons. The highest BCUT2D eigenvalue weighted by atomic mass is 35.5. The van der Waals surface area contributed by atoms with Gasteiger partial charge in [-0.1, -0.05) is 29.9 Å². The molecule has 0 aromatic heterocycles. The summed E-state index contributed by atoms with van der Waals surface area (Å²) in [7, 11) is 3.71. The number of aliphatic hydroxyl groups excluding tert-OH is 1. The molecule has 0 aliphatic carbocycles. The van der Waals surface area contributed by atoms with Gasteiger partial charge in [-0.2, -0.15) is 0 Å². The second-order valence-corrected chi connectivity index (χ2v) is 5.92. The van der Waals surface area contributed by atoms with Crippen LogP contribution in [0, 0.1) is 5.41 Å². The molecular formula is C12H20ClN3O2S. The van der Waals surface area contributed by atoms with E-state index in [0.29, 0.717) is 16.5 Å². The quantitative estimate of drug-likeness (QED) is 0.377. The number of nitrogens with one attached hydrogen (secondary N) is 2. The Bertz CT molecular complexity index is 379. The first kappa shape index (κ1) is 18.2. The van der Waals surface area contributed by atoms with Crippen LogP contribution in [0.4, 0.5) is 0 Å². The summed E-state index contributed by atoms with van der Waals surface area (Å²) < 4.78 is 0. The van der Waals surface area contributed by atoms with E-state index >= 15 is 0 Å². The standard InChI is InChI=1S/C12H20ClN3O2S/c1-8(13)5-12(18)15-6-10(16(3)4)9(2)19-11(14)7-17/h5,10,14,17H,2,6-7H2,1,3-4H3,(H,15,18)/b8-5-,14-11?. The van der Waals surface area contributed by atoms with Crippen molar-refractivity contribution in [2.24, 2.45) is 0 Å². The van der Waals surface area contributed by atoms with Gasteiger partial charge in [-0.3, -0.25) is 10.2 Å². The van der Waals surface area contributed by atoms with E-state index in [9.17, 15) is 4.79 Å². The van der Waals surface area contributed by atoms with Gasteiger partial charge in [-0.25, -0.2) is 0 Å². The molecule has 0 saturated heterocycles. The molecule has 0 aliphatic heterocycles. The van der Waals surface area contributed by atoms with Crippen LogP contribution >= 0.6 is 23.4 Å². The van der Waals surface area contributed by atoms with Gasteiger partial charge in [0.15, 0.2) is 0 Å². The minimum absolute atomic E-state index is 0.125. The molecule has 1 amide bonds. The van der Waals surface area contributed by atoms with E-state index in [4.69, 9.17) is 22.1 Å². The summed E-state index contributed by atoms with van der Waals surface area (Å²) in [5, 5.41) is 19.5. The van der Waals surface area contributed by atoms with Crippen LogP contribution in [-0.4, -0.2) is 54.2 Å². The smallest absolute Gasteiger partial charge is 0.245 e. The topological polar surface area (TPSA) is 76.4 Å². The summed E-state index contributed by atoms with van der Waals surface area (Å²) in [6.07, 6.45) is 1.31. The van der Waals surface area contributed by atoms with Gasteiger partial charge in [0.25, 0.3) is 0 Å². The number of rotatable bonds is 7. The number of nitrogens with zero attached hydrogens (tertiary/aromatic N) is 1. The number of halogens is 1. The maximum absolute atomic E-state index is 11.5. The van der Waals surface area contributed by atoms with Gasteiger partial charge < -0.3 is 15.3 Å². The molecular weight excluding hydrogens is 286 g/mol. The van der Waals surface area contributed by atoms with Gasteiger partial charge >= 0.3 is 0 Å². The Morgan fingerprint density at radius 3 is 2.63 bits per heavy atom. The average molecular weight is 306 g/mol. The third kappa shape index (κ3) is 8.05. The number of aliphatic hydroxyl groups is 1. The Balaban J connectivity index is 4.50. The molecule has 19 heavy (non-hydrogen) atoms. The average Bonchev–Trinajstić information content (AvgIpc) is 2.27. The van der Waals surface area contributed by atoms with Crippen molar-refractivity contribution in [3.63, 3.8) is 0 Å². The number of hydrogen-bond donors (Lipinski definition) is 3. The zero-order valence-corrected chi connectivity index (χ0v) is 12.9. The molecule has 7 heteroatoms. The maximum Gasteiger partial charge on any atom is 0.245 e. The Morgan fingerprint density at radius 2 is 2.21 bits per heavy atom. The lowest BCUT2D eigenvalue weighted by atomic mass is 10.2. The molecule has 1 atom stereocenters. The Kier molecular flexibility index (Phi) is 8.75. The first-order valence-electron chi connectivity index (χ1n) is 5.61. The molecule has 0 fully saturated rings. The summed E-state index contributed by atoms with van der Waals surface area (Å²) in [5.41, 5.74) is 0. The lowest BCUT2D eigenvalue weighted by Gasteiger charge is -2.26. The Labute approximate surface area is 123 Å². The van der Waals surface area contributed by atoms with Gasteiger partial charge in [-0.15, -0.1) is 0 Å². The molecule has 0 spiro atoms. The predicted molar refractivity (Wildman–Crippen MR) is 81.6 cm³/mol. The third-order valence-corrected chi connectivity index (χ3v) is 3.21. The largest absolute Gasteiger partial charge is 0.390 e. The first-order chi connectivity index (χ1) is 8.77. The summed E-state index contributed by atoms with van der Waals surface area (Å²) >= 11 is 6.72. The van der Waals surface area contributed by atoms with Crippen LogP contribution in [0.3, 0.4) is 0 Å². The third-order valence-electron chi connectivity index (χ3n) is 2.19. The predicted octanol–water partition coefficient (Wildman–Crippen LogP) is 1.39. The lowest BCUT2D eigenvalue weighted by Crippen LogP contribution is -2.40. The van der Waals surface area contributed by atoms with Crippen LogP contribution in [0.2, 0.25) is 0 Å². The van der Waals surface area contributed by atoms with E-state index in [0.717, 1.165) is 11.8 Å². The van der Waals surface area contributed by atoms with Crippen LogP contribution in [-0.2, 0) is 4.79 Å². The molecule has 1 unspecified atom stereocenters. The number of carbonyl (C=O) groups excluding carboxylic acids is 1. The molecule has 0 rings (SSSR count). The van der Waals surface area contributed by atoms with Crippen molar-refractivity contribution < 1.29 is 9.90 Å². The number of allylic oxidation sites excluding steroid dienone is 1. The molecule has 108 valence electrons. The SMILES string of the molecule is C=C(SC(=N)CO)C(CNC(=O)/C=C(/C)Cl)N(C)C. The number of thioether (sulfide) groups is 1. The van der Waals surface area contributed by atoms with Crippen molar-refractivity contribution in [1.82, 2.24) is 10.2 Å². The molecule has 0 aliphatic rings. The van der Waals surface area contributed by atoms with Crippen LogP contribution in [0.5, 0.6) is 0 Å². The van der Waals surface area contributed by atoms with E-state index in [2.05, 4.69) is 11.9 Å². The van der Waals surface area contributed by atoms with E-state index < -0.39 is 0 Å². The van der Waals surface area contributed by atoms with E-state index in [1.807, 2.05) is 19.0 Å². The van der Waals surface area contributed by atoms with Crippen molar-refractivity contribution in [2.45, 2.75) is 13.0 Å². The van der Waals surface area contributed by atoms with Crippen LogP contribution < -0.4 is 5.32 Å². The fraction of sp³-hybridized carbons (Fsp3) is 0.500. The summed E-state index contributed by atoms with van der Waals surface area (Å²) in [4.78, 5) is 14.0. The fourth-order valence-electron chi connectivity index (χ4n) is 1.27. The molecule has 3 N–H and O–H groups in total. The second-order valence-electron chi connectivity index (χ2n) is 4.11. The fourth-order valence-corrected chi connectivity index (χ4v) is 2.18.